The van der Waals surface area contributed by atoms with Gasteiger partial charge in [0.05, 0.1) is 11.6 Å². The van der Waals surface area contributed by atoms with Crippen molar-refractivity contribution in [3.05, 3.63) is 34.8 Å². The van der Waals surface area contributed by atoms with Gasteiger partial charge in [-0.05, 0) is 25.1 Å². The molecule has 3 heterocycles. The van der Waals surface area contributed by atoms with Crippen LogP contribution in [0.25, 0.3) is 10.9 Å². The Labute approximate surface area is 121 Å². The van der Waals surface area contributed by atoms with Gasteiger partial charge in [0, 0.05) is 35.2 Å². The van der Waals surface area contributed by atoms with Crippen LogP contribution in [0.5, 0.6) is 0 Å². The first kappa shape index (κ1) is 12.8. The monoisotopic (exact) mass is 288 g/mol. The molecule has 1 aromatic heterocycles. The average molecular weight is 288 g/mol. The molecule has 1 amide bonds. The normalized spacial score (nSPS) is 21.4. The van der Waals surface area contributed by atoms with Gasteiger partial charge < -0.3 is 4.98 Å². The van der Waals surface area contributed by atoms with Crippen molar-refractivity contribution in [2.24, 2.45) is 0 Å². The highest BCUT2D eigenvalue weighted by Gasteiger charge is 2.33. The highest BCUT2D eigenvalue weighted by molar-refractivity contribution is 6.08. The Morgan fingerprint density at radius 2 is 2.29 bits per heavy atom. The van der Waals surface area contributed by atoms with Gasteiger partial charge in [0.25, 0.3) is 5.91 Å². The van der Waals surface area contributed by atoms with Gasteiger partial charge in [-0.25, -0.2) is 9.82 Å². The largest absolute Gasteiger partial charge is 0.357 e. The predicted octanol–water partition coefficient (Wildman–Crippen LogP) is 1.82. The highest BCUT2D eigenvalue weighted by atomic mass is 19.1. The third kappa shape index (κ3) is 1.86. The smallest absolute Gasteiger partial charge is 0.266 e. The molecule has 1 atom stereocenters. The Morgan fingerprint density at radius 1 is 1.43 bits per heavy atom. The molecule has 2 aliphatic heterocycles. The molecule has 6 heteroatoms. The molecular weight excluding hydrogens is 271 g/mol. The molecule has 0 saturated heterocycles. The zero-order valence-corrected chi connectivity index (χ0v) is 11.8. The van der Waals surface area contributed by atoms with E-state index in [2.05, 4.69) is 27.7 Å². The van der Waals surface area contributed by atoms with Crippen LogP contribution in [0.15, 0.2) is 12.1 Å². The van der Waals surface area contributed by atoms with Crippen LogP contribution in [-0.2, 0) is 6.54 Å². The SMILES string of the molecule is CCCN1Cc2[nH]c3cc(F)cc4c3c2C(C1)NNC4=O. The minimum Gasteiger partial charge on any atom is -0.357 e. The molecule has 0 fully saturated rings. The quantitative estimate of drug-likeness (QED) is 0.790. The Hall–Kier alpha value is -1.92. The van der Waals surface area contributed by atoms with Crippen LogP contribution >= 0.6 is 0 Å². The van der Waals surface area contributed by atoms with E-state index in [-0.39, 0.29) is 11.9 Å². The molecule has 3 N–H and O–H groups in total. The number of halogens is 1. The summed E-state index contributed by atoms with van der Waals surface area (Å²) >= 11 is 0. The summed E-state index contributed by atoms with van der Waals surface area (Å²) in [5, 5.41) is 0.857. The maximum atomic E-state index is 13.7. The average Bonchev–Trinajstić information content (AvgIpc) is 2.74. The van der Waals surface area contributed by atoms with Crippen LogP contribution in [0.2, 0.25) is 0 Å². The molecule has 4 rings (SSSR count). The molecule has 0 bridgehead atoms. The third-order valence-electron chi connectivity index (χ3n) is 4.30. The molecule has 1 aromatic carbocycles. The van der Waals surface area contributed by atoms with E-state index in [4.69, 9.17) is 0 Å². The Kier molecular flexibility index (Phi) is 2.77. The maximum absolute atomic E-state index is 13.7. The van der Waals surface area contributed by atoms with Crippen LogP contribution in [0, 0.1) is 5.82 Å². The van der Waals surface area contributed by atoms with E-state index in [0.29, 0.717) is 11.1 Å². The summed E-state index contributed by atoms with van der Waals surface area (Å²) in [6.45, 7) is 4.80. The third-order valence-corrected chi connectivity index (χ3v) is 4.30. The van der Waals surface area contributed by atoms with Crippen LogP contribution in [0.1, 0.15) is 41.0 Å². The molecule has 5 nitrogen and oxygen atoms in total. The summed E-state index contributed by atoms with van der Waals surface area (Å²) in [6.07, 6.45) is 1.08. The molecule has 2 aliphatic rings. The van der Waals surface area contributed by atoms with Crippen molar-refractivity contribution in [1.29, 1.82) is 0 Å². The number of benzene rings is 1. The van der Waals surface area contributed by atoms with Crippen molar-refractivity contribution in [2.75, 3.05) is 13.1 Å². The van der Waals surface area contributed by atoms with E-state index in [1.807, 2.05) is 0 Å². The first-order valence-corrected chi connectivity index (χ1v) is 7.29. The molecule has 110 valence electrons. The van der Waals surface area contributed by atoms with E-state index in [1.54, 1.807) is 0 Å². The number of H-pyrrole nitrogens is 1. The highest BCUT2D eigenvalue weighted by Crippen LogP contribution is 2.36. The summed E-state index contributed by atoms with van der Waals surface area (Å²) < 4.78 is 13.7. The van der Waals surface area contributed by atoms with Gasteiger partial charge in [-0.3, -0.25) is 15.1 Å². The lowest BCUT2D eigenvalue weighted by Crippen LogP contribution is -2.45. The van der Waals surface area contributed by atoms with Crippen LogP contribution in [-0.4, -0.2) is 28.9 Å². The topological polar surface area (TPSA) is 60.2 Å². The van der Waals surface area contributed by atoms with E-state index in [0.717, 1.165) is 42.7 Å². The van der Waals surface area contributed by atoms with Crippen LogP contribution in [0.4, 0.5) is 4.39 Å². The molecule has 0 spiro atoms. The number of hydrogen-bond donors (Lipinski definition) is 3. The molecule has 1 unspecified atom stereocenters. The standard InChI is InChI=1S/C15H17FN4O/c1-2-3-20-6-11-14-12(7-20)18-19-15(21)9-4-8(16)5-10(17-11)13(9)14/h4-5,12,17-18H,2-3,6-7H2,1H3,(H,19,21). The maximum Gasteiger partial charge on any atom is 0.266 e. The molecule has 21 heavy (non-hydrogen) atoms. The lowest BCUT2D eigenvalue weighted by atomic mass is 9.96. The van der Waals surface area contributed by atoms with E-state index >= 15 is 0 Å². The number of carbonyl (C=O) groups is 1. The van der Waals surface area contributed by atoms with Crippen molar-refractivity contribution in [3.63, 3.8) is 0 Å². The number of aromatic nitrogens is 1. The Morgan fingerprint density at radius 3 is 3.10 bits per heavy atom. The predicted molar refractivity (Wildman–Crippen MR) is 77.2 cm³/mol. The molecule has 0 aliphatic carbocycles. The number of rotatable bonds is 2. The number of nitrogens with zero attached hydrogens (tertiary/aromatic N) is 1. The van der Waals surface area contributed by atoms with Gasteiger partial charge in [-0.2, -0.15) is 0 Å². The van der Waals surface area contributed by atoms with Gasteiger partial charge >= 0.3 is 0 Å². The lowest BCUT2D eigenvalue weighted by molar-refractivity contribution is 0.0919. The second-order valence-electron chi connectivity index (χ2n) is 5.78. The number of carbonyl (C=O) groups excluding carboxylic acids is 1. The fourth-order valence-electron chi connectivity index (χ4n) is 3.53. The second kappa shape index (κ2) is 4.54. The molecule has 2 aromatic rings. The van der Waals surface area contributed by atoms with Crippen molar-refractivity contribution in [1.82, 2.24) is 20.7 Å². The first-order chi connectivity index (χ1) is 10.2. The summed E-state index contributed by atoms with van der Waals surface area (Å²) in [7, 11) is 0. The fraction of sp³-hybridized carbons (Fsp3) is 0.400. The van der Waals surface area contributed by atoms with Gasteiger partial charge in [-0.15, -0.1) is 0 Å². The minimum atomic E-state index is -0.393. The minimum absolute atomic E-state index is 0.0321. The zero-order valence-electron chi connectivity index (χ0n) is 11.8. The van der Waals surface area contributed by atoms with Gasteiger partial charge in [0.2, 0.25) is 0 Å². The molecular formula is C15H17FN4O. The Bertz CT molecular complexity index is 739. The van der Waals surface area contributed by atoms with Crippen molar-refractivity contribution in [3.8, 4) is 0 Å². The van der Waals surface area contributed by atoms with Crippen molar-refractivity contribution < 1.29 is 9.18 Å². The number of hydrazine groups is 1. The fourth-order valence-corrected chi connectivity index (χ4v) is 3.53. The van der Waals surface area contributed by atoms with Crippen molar-refractivity contribution in [2.45, 2.75) is 25.9 Å². The summed E-state index contributed by atoms with van der Waals surface area (Å²) in [5.41, 5.74) is 9.07. The number of aromatic amines is 1. The zero-order chi connectivity index (χ0) is 14.6. The van der Waals surface area contributed by atoms with E-state index in [9.17, 15) is 9.18 Å². The van der Waals surface area contributed by atoms with Crippen LogP contribution < -0.4 is 10.9 Å². The van der Waals surface area contributed by atoms with E-state index < -0.39 is 5.82 Å². The lowest BCUT2D eigenvalue weighted by Gasteiger charge is -2.32. The molecule has 0 saturated carbocycles. The second-order valence-corrected chi connectivity index (χ2v) is 5.78. The first-order valence-electron chi connectivity index (χ1n) is 7.29. The molecule has 0 radical (unpaired) electrons. The van der Waals surface area contributed by atoms with Gasteiger partial charge in [0.15, 0.2) is 0 Å². The Balaban J connectivity index is 1.95. The summed E-state index contributed by atoms with van der Waals surface area (Å²) in [6, 6.07) is 2.82. The summed E-state index contributed by atoms with van der Waals surface area (Å²) in [5.74, 6) is -0.673. The number of nitrogens with one attached hydrogen (secondary N) is 3. The van der Waals surface area contributed by atoms with E-state index in [1.165, 1.54) is 12.1 Å². The summed E-state index contributed by atoms with van der Waals surface area (Å²) in [4.78, 5) is 17.8. The number of amides is 1. The van der Waals surface area contributed by atoms with Crippen molar-refractivity contribution >= 4 is 16.8 Å². The number of hydrogen-bond acceptors (Lipinski definition) is 3. The van der Waals surface area contributed by atoms with Gasteiger partial charge in [-0.1, -0.05) is 6.92 Å². The van der Waals surface area contributed by atoms with Gasteiger partial charge in [0.1, 0.15) is 5.82 Å². The van der Waals surface area contributed by atoms with Crippen LogP contribution in [0.3, 0.4) is 0 Å².